The molecule has 490 valence electrons. The van der Waals surface area contributed by atoms with Gasteiger partial charge < -0.3 is 33.3 Å². The number of ether oxygens (including phenoxy) is 4. The molecule has 0 aromatic heterocycles. The van der Waals surface area contributed by atoms with Gasteiger partial charge in [0, 0.05) is 12.8 Å². The highest BCUT2D eigenvalue weighted by molar-refractivity contribution is 5.70. The number of esters is 2. The third-order valence-corrected chi connectivity index (χ3v) is 15.3. The van der Waals surface area contributed by atoms with Crippen LogP contribution in [0.3, 0.4) is 0 Å². The molecular formula is C76H133NO8. The summed E-state index contributed by atoms with van der Waals surface area (Å²) < 4.78 is 22.7. The van der Waals surface area contributed by atoms with Crippen LogP contribution in [0.1, 0.15) is 309 Å². The first-order chi connectivity index (χ1) is 41.6. The quantitative estimate of drug-likeness (QED) is 0.0195. The average Bonchev–Trinajstić information content (AvgIpc) is 3.49. The normalized spacial score (nSPS) is 13.3. The van der Waals surface area contributed by atoms with Gasteiger partial charge in [0.15, 0.2) is 12.4 Å². The smallest absolute Gasteiger partial charge is 0.306 e. The second kappa shape index (κ2) is 66.2. The molecule has 0 spiro atoms. The Morgan fingerprint density at radius 2 is 0.671 bits per heavy atom. The fourth-order valence-corrected chi connectivity index (χ4v) is 9.93. The Labute approximate surface area is 524 Å². The van der Waals surface area contributed by atoms with Gasteiger partial charge in [-0.3, -0.25) is 9.59 Å². The van der Waals surface area contributed by atoms with Crippen LogP contribution in [-0.4, -0.2) is 82.3 Å². The Kier molecular flexibility index (Phi) is 63.2. The van der Waals surface area contributed by atoms with E-state index < -0.39 is 24.3 Å². The van der Waals surface area contributed by atoms with Crippen molar-refractivity contribution >= 4 is 17.9 Å². The first-order valence-corrected chi connectivity index (χ1v) is 35.4. The summed E-state index contributed by atoms with van der Waals surface area (Å²) in [7, 11) is 5.92. The summed E-state index contributed by atoms with van der Waals surface area (Å²) in [5.41, 5.74) is 0. The summed E-state index contributed by atoms with van der Waals surface area (Å²) in [6, 6.07) is 0. The zero-order valence-electron chi connectivity index (χ0n) is 56.0. The molecule has 9 nitrogen and oxygen atoms in total. The number of carboxylic acids is 1. The minimum Gasteiger partial charge on any atom is -0.545 e. The molecule has 0 aliphatic carbocycles. The number of carbonyl (C=O) groups excluding carboxylic acids is 3. The van der Waals surface area contributed by atoms with Gasteiger partial charge in [0.2, 0.25) is 0 Å². The Morgan fingerprint density at radius 3 is 1.02 bits per heavy atom. The molecule has 0 rings (SSSR count). The van der Waals surface area contributed by atoms with Crippen molar-refractivity contribution in [3.63, 3.8) is 0 Å². The molecule has 85 heavy (non-hydrogen) atoms. The molecule has 0 aromatic rings. The molecule has 0 aliphatic rings. The van der Waals surface area contributed by atoms with Crippen LogP contribution in [0.4, 0.5) is 0 Å². The number of hydrogen-bond donors (Lipinski definition) is 0. The molecule has 0 saturated carbocycles. The number of likely N-dealkylation sites (N-methyl/N-ethyl adjacent to an activating group) is 1. The van der Waals surface area contributed by atoms with Gasteiger partial charge in [-0.05, 0) is 96.3 Å². The van der Waals surface area contributed by atoms with Crippen molar-refractivity contribution < 1.29 is 42.9 Å². The lowest BCUT2D eigenvalue weighted by molar-refractivity contribution is -0.870. The molecule has 0 aliphatic heterocycles. The summed E-state index contributed by atoms with van der Waals surface area (Å²) >= 11 is 0. The largest absolute Gasteiger partial charge is 0.545 e. The molecule has 9 heteroatoms. The highest BCUT2D eigenvalue weighted by atomic mass is 16.7. The number of nitrogens with zero attached hydrogens (tertiary/aromatic N) is 1. The van der Waals surface area contributed by atoms with Crippen LogP contribution in [0.2, 0.25) is 0 Å². The van der Waals surface area contributed by atoms with E-state index in [1.54, 1.807) is 0 Å². The minimum atomic E-state index is -1.64. The van der Waals surface area contributed by atoms with E-state index in [4.69, 9.17) is 18.9 Å². The van der Waals surface area contributed by atoms with E-state index in [2.05, 4.69) is 111 Å². The monoisotopic (exact) mass is 1190 g/mol. The number of carbonyl (C=O) groups is 3. The van der Waals surface area contributed by atoms with Crippen molar-refractivity contribution in [1.82, 2.24) is 0 Å². The number of allylic oxidation sites excluding steroid dienone is 16. The summed E-state index contributed by atoms with van der Waals surface area (Å²) in [6.45, 7) is 4.62. The third-order valence-electron chi connectivity index (χ3n) is 15.3. The Bertz CT molecular complexity index is 1720. The molecule has 0 heterocycles. The maximum atomic E-state index is 12.9. The van der Waals surface area contributed by atoms with E-state index in [9.17, 15) is 19.5 Å². The number of unbranched alkanes of at least 4 members (excludes halogenated alkanes) is 34. The Balaban J connectivity index is 4.11. The zero-order chi connectivity index (χ0) is 61.9. The molecule has 0 fully saturated rings. The predicted octanol–water partition coefficient (Wildman–Crippen LogP) is 20.7. The van der Waals surface area contributed by atoms with E-state index in [1.165, 1.54) is 193 Å². The number of rotatable bonds is 65. The number of aliphatic carboxylic acids is 1. The molecule has 2 atom stereocenters. The van der Waals surface area contributed by atoms with E-state index >= 15 is 0 Å². The van der Waals surface area contributed by atoms with Crippen LogP contribution >= 0.6 is 0 Å². The van der Waals surface area contributed by atoms with Crippen LogP contribution in [0.15, 0.2) is 97.2 Å². The van der Waals surface area contributed by atoms with Crippen molar-refractivity contribution in [2.24, 2.45) is 0 Å². The number of hydrogen-bond acceptors (Lipinski definition) is 8. The maximum absolute atomic E-state index is 12.9. The first-order valence-electron chi connectivity index (χ1n) is 35.4. The van der Waals surface area contributed by atoms with Crippen LogP contribution in [0.25, 0.3) is 0 Å². The third kappa shape index (κ3) is 67.6. The Morgan fingerprint density at radius 1 is 0.365 bits per heavy atom. The minimum absolute atomic E-state index is 0.137. The second-order valence-corrected chi connectivity index (χ2v) is 24.8. The van der Waals surface area contributed by atoms with Gasteiger partial charge >= 0.3 is 11.9 Å². The van der Waals surface area contributed by atoms with Crippen molar-refractivity contribution in [2.75, 3.05) is 47.5 Å². The van der Waals surface area contributed by atoms with Crippen molar-refractivity contribution in [1.29, 1.82) is 0 Å². The fourth-order valence-electron chi connectivity index (χ4n) is 9.93. The van der Waals surface area contributed by atoms with Gasteiger partial charge in [-0.2, -0.15) is 0 Å². The van der Waals surface area contributed by atoms with Gasteiger partial charge in [-0.25, -0.2) is 0 Å². The van der Waals surface area contributed by atoms with Crippen LogP contribution in [0.5, 0.6) is 0 Å². The highest BCUT2D eigenvalue weighted by Gasteiger charge is 2.22. The number of quaternary nitrogens is 1. The number of carboxylic acid groups (broad SMARTS) is 1. The summed E-state index contributed by atoms with van der Waals surface area (Å²) in [4.78, 5) is 37.5. The van der Waals surface area contributed by atoms with E-state index in [0.29, 0.717) is 17.4 Å². The lowest BCUT2D eigenvalue weighted by Crippen LogP contribution is -2.44. The second-order valence-electron chi connectivity index (χ2n) is 24.8. The fraction of sp³-hybridized carbons (Fsp3) is 0.750. The van der Waals surface area contributed by atoms with Crippen LogP contribution < -0.4 is 5.11 Å². The van der Waals surface area contributed by atoms with Crippen LogP contribution in [0, 0.1) is 0 Å². The van der Waals surface area contributed by atoms with E-state index in [0.717, 1.165) is 83.5 Å². The predicted molar refractivity (Wildman–Crippen MR) is 361 cm³/mol. The zero-order valence-corrected chi connectivity index (χ0v) is 56.0. The van der Waals surface area contributed by atoms with Gasteiger partial charge in [0.05, 0.1) is 40.3 Å². The molecule has 0 bridgehead atoms. The molecule has 0 radical (unpaired) electrons. The van der Waals surface area contributed by atoms with Crippen LogP contribution in [-0.2, 0) is 33.3 Å². The standard InChI is InChI=1S/C76H133NO8/c1-6-8-10-12-14-16-18-20-22-24-26-28-30-32-33-34-35-36-37-38-39-40-41-43-44-46-48-50-52-54-56-58-60-62-64-66-73(78)83-70-72(71-84-76(75(80)81)82-69-68-77(3,4)5)85-74(79)67-65-63-61-59-57-55-53-51-49-47-45-42-31-29-27-25-23-21-19-17-15-13-11-9-7-2/h9,11,15,17,21,23-24,26-27,29,42,45,49,51,55,57,72,76H,6-8,10,12-14,16,18-20,22,25,28,30-41,43-44,46-48,50,52-54,56,58-71H2,1-5H3/b11-9-,17-15-,23-21-,26-24-,29-27-,45-42-,51-49-,57-55-. The summed E-state index contributed by atoms with van der Waals surface area (Å²) in [5.74, 6) is -2.32. The van der Waals surface area contributed by atoms with Crippen molar-refractivity contribution in [3.05, 3.63) is 97.2 Å². The van der Waals surface area contributed by atoms with Gasteiger partial charge in [-0.1, -0.05) is 297 Å². The van der Waals surface area contributed by atoms with Gasteiger partial charge in [0.25, 0.3) is 0 Å². The lowest BCUT2D eigenvalue weighted by Gasteiger charge is -2.26. The van der Waals surface area contributed by atoms with Crippen molar-refractivity contribution in [2.45, 2.75) is 322 Å². The van der Waals surface area contributed by atoms with E-state index in [-0.39, 0.29) is 38.6 Å². The molecule has 0 N–H and O–H groups in total. The topological polar surface area (TPSA) is 111 Å². The van der Waals surface area contributed by atoms with Crippen molar-refractivity contribution in [3.8, 4) is 0 Å². The average molecular weight is 1190 g/mol. The molecule has 2 unspecified atom stereocenters. The van der Waals surface area contributed by atoms with Gasteiger partial charge in [0.1, 0.15) is 13.2 Å². The summed E-state index contributed by atoms with van der Waals surface area (Å²) in [6.07, 6.45) is 87.9. The SMILES string of the molecule is CC/C=C\C/C=C\C/C=C\C/C=C\C/C=C\C/C=C\C/C=C\CCCCCC(=O)OC(COC(=O)CCCCCCCCCCCCCCCCCCCCCCCCC/C=C\CCCCCCCCCC)COC(OCC[N+](C)(C)C)C(=O)[O-]. The Hall–Kier alpha value is -3.79. The molecule has 0 aromatic carbocycles. The first kappa shape index (κ1) is 81.2. The summed E-state index contributed by atoms with van der Waals surface area (Å²) in [5, 5.41) is 11.8. The van der Waals surface area contributed by atoms with Gasteiger partial charge in [-0.15, -0.1) is 0 Å². The van der Waals surface area contributed by atoms with E-state index in [1.807, 2.05) is 21.1 Å². The maximum Gasteiger partial charge on any atom is 0.306 e. The lowest BCUT2D eigenvalue weighted by atomic mass is 10.0. The molecule has 0 saturated heterocycles. The molecule has 0 amide bonds. The highest BCUT2D eigenvalue weighted by Crippen LogP contribution is 2.18. The molecular weight excluding hydrogens is 1050 g/mol.